The molecule has 5 heteroatoms. The average molecular weight is 370 g/mol. The highest BCUT2D eigenvalue weighted by Gasteiger charge is 2.32. The maximum atomic E-state index is 12.2. The van der Waals surface area contributed by atoms with Crippen LogP contribution in [0.15, 0.2) is 41.5 Å². The molecule has 2 aliphatic heterocycles. The Labute approximate surface area is 162 Å². The lowest BCUT2D eigenvalue weighted by Gasteiger charge is -2.34. The monoisotopic (exact) mass is 369 g/mol. The zero-order valence-electron chi connectivity index (χ0n) is 16.1. The van der Waals surface area contributed by atoms with E-state index in [1.54, 1.807) is 10.5 Å². The third-order valence-electron chi connectivity index (χ3n) is 6.28. The highest BCUT2D eigenvalue weighted by Crippen LogP contribution is 2.29. The van der Waals surface area contributed by atoms with Crippen molar-refractivity contribution in [2.45, 2.75) is 44.8 Å². The molecule has 1 aliphatic carbocycles. The minimum atomic E-state index is -0.198. The number of hydrogen-bond donors (Lipinski definition) is 1. The summed E-state index contributed by atoms with van der Waals surface area (Å²) in [5.41, 5.74) is 10.0. The van der Waals surface area contributed by atoms with E-state index in [1.165, 1.54) is 44.3 Å². The van der Waals surface area contributed by atoms with Gasteiger partial charge in [-0.2, -0.15) is 0 Å². The van der Waals surface area contributed by atoms with Gasteiger partial charge in [0, 0.05) is 38.8 Å². The van der Waals surface area contributed by atoms with Crippen molar-refractivity contribution < 1.29 is 9.53 Å². The predicted molar refractivity (Wildman–Crippen MR) is 106 cm³/mol. The van der Waals surface area contributed by atoms with E-state index in [9.17, 15) is 4.79 Å². The molecule has 146 valence electrons. The zero-order chi connectivity index (χ0) is 18.6. The maximum Gasteiger partial charge on any atom is 0.410 e. The summed E-state index contributed by atoms with van der Waals surface area (Å²) in [6, 6.07) is 10.3. The molecule has 1 saturated carbocycles. The van der Waals surface area contributed by atoms with Gasteiger partial charge in [-0.15, -0.1) is 0 Å². The van der Waals surface area contributed by atoms with Gasteiger partial charge in [-0.1, -0.05) is 35.9 Å². The van der Waals surface area contributed by atoms with Crippen molar-refractivity contribution in [2.24, 2.45) is 11.7 Å². The summed E-state index contributed by atoms with van der Waals surface area (Å²) in [6.07, 6.45) is 5.90. The Morgan fingerprint density at radius 2 is 1.78 bits per heavy atom. The Hall–Kier alpha value is -1.85. The van der Waals surface area contributed by atoms with Gasteiger partial charge in [-0.05, 0) is 49.2 Å². The molecule has 2 N–H and O–H groups in total. The molecular weight excluding hydrogens is 338 g/mol. The largest absolute Gasteiger partial charge is 0.445 e. The second kappa shape index (κ2) is 8.44. The van der Waals surface area contributed by atoms with Crippen LogP contribution in [0.4, 0.5) is 4.79 Å². The van der Waals surface area contributed by atoms with Crippen molar-refractivity contribution in [1.82, 2.24) is 9.80 Å². The topological polar surface area (TPSA) is 58.8 Å². The first-order chi connectivity index (χ1) is 13.2. The van der Waals surface area contributed by atoms with Crippen LogP contribution in [-0.4, -0.2) is 54.7 Å². The Morgan fingerprint density at radius 3 is 2.52 bits per heavy atom. The van der Waals surface area contributed by atoms with E-state index in [4.69, 9.17) is 10.5 Å². The predicted octanol–water partition coefficient (Wildman–Crippen LogP) is 3.16. The van der Waals surface area contributed by atoms with Gasteiger partial charge in [-0.25, -0.2) is 4.79 Å². The number of rotatable bonds is 4. The molecule has 27 heavy (non-hydrogen) atoms. The van der Waals surface area contributed by atoms with Crippen molar-refractivity contribution in [1.29, 1.82) is 0 Å². The molecule has 3 fully saturated rings. The minimum absolute atomic E-state index is 0.198. The van der Waals surface area contributed by atoms with Gasteiger partial charge in [-0.3, -0.25) is 4.90 Å². The number of carbonyl (C=O) groups is 1. The number of benzene rings is 1. The third kappa shape index (κ3) is 4.71. The second-order valence-corrected chi connectivity index (χ2v) is 8.37. The molecule has 0 aromatic heterocycles. The molecule has 2 saturated heterocycles. The van der Waals surface area contributed by atoms with E-state index >= 15 is 0 Å². The Balaban J connectivity index is 1.19. The molecular formula is C22H31N3O2. The van der Waals surface area contributed by atoms with E-state index in [2.05, 4.69) is 4.90 Å². The van der Waals surface area contributed by atoms with Crippen LogP contribution in [0.1, 0.15) is 37.7 Å². The number of nitrogens with two attached hydrogens (primary N) is 1. The van der Waals surface area contributed by atoms with Crippen molar-refractivity contribution >= 4 is 6.09 Å². The van der Waals surface area contributed by atoms with E-state index in [-0.39, 0.29) is 6.09 Å². The number of amides is 1. The lowest BCUT2D eigenvalue weighted by atomic mass is 9.86. The molecule has 4 rings (SSSR count). The van der Waals surface area contributed by atoms with Crippen LogP contribution in [0.25, 0.3) is 0 Å². The van der Waals surface area contributed by atoms with Crippen LogP contribution in [0.2, 0.25) is 0 Å². The summed E-state index contributed by atoms with van der Waals surface area (Å²) >= 11 is 0. The van der Waals surface area contributed by atoms with E-state index < -0.39 is 0 Å². The fourth-order valence-corrected chi connectivity index (χ4v) is 4.48. The number of ether oxygens (including phenoxy) is 1. The van der Waals surface area contributed by atoms with Gasteiger partial charge in [0.2, 0.25) is 0 Å². The third-order valence-corrected chi connectivity index (χ3v) is 6.28. The summed E-state index contributed by atoms with van der Waals surface area (Å²) in [5, 5.41) is 0. The number of carbonyl (C=O) groups excluding carboxylic acids is 1. The second-order valence-electron chi connectivity index (χ2n) is 8.37. The SMILES string of the molecule is NC1CCC(CN2CCC(=C3CN(C(=O)OCc4ccccc4)C3)C2)CC1. The highest BCUT2D eigenvalue weighted by molar-refractivity contribution is 5.70. The standard InChI is InChI=1S/C22H31N3O2/c23-21-8-6-17(7-9-21)12-24-11-10-19(13-24)20-14-25(15-20)22(26)27-16-18-4-2-1-3-5-18/h1-5,17,21H,6-16,23H2. The minimum Gasteiger partial charge on any atom is -0.445 e. The molecule has 1 aromatic carbocycles. The molecule has 0 spiro atoms. The van der Waals surface area contributed by atoms with Crippen LogP contribution < -0.4 is 5.73 Å². The number of likely N-dealkylation sites (tertiary alicyclic amines) is 2. The van der Waals surface area contributed by atoms with Crippen molar-refractivity contribution in [3.05, 3.63) is 47.0 Å². The molecule has 1 amide bonds. The smallest absolute Gasteiger partial charge is 0.410 e. The summed E-state index contributed by atoms with van der Waals surface area (Å²) in [7, 11) is 0. The zero-order valence-corrected chi connectivity index (χ0v) is 16.1. The van der Waals surface area contributed by atoms with E-state index in [0.717, 1.165) is 37.5 Å². The Bertz CT molecular complexity index is 672. The first kappa shape index (κ1) is 18.5. The summed E-state index contributed by atoms with van der Waals surface area (Å²) in [4.78, 5) is 16.6. The van der Waals surface area contributed by atoms with Gasteiger partial charge in [0.25, 0.3) is 0 Å². The normalized spacial score (nSPS) is 26.2. The molecule has 2 heterocycles. The van der Waals surface area contributed by atoms with Gasteiger partial charge >= 0.3 is 6.09 Å². The van der Waals surface area contributed by atoms with Crippen LogP contribution in [0, 0.1) is 5.92 Å². The quantitative estimate of drug-likeness (QED) is 0.829. The van der Waals surface area contributed by atoms with Crippen LogP contribution >= 0.6 is 0 Å². The number of hydrogen-bond acceptors (Lipinski definition) is 4. The molecule has 0 bridgehead atoms. The molecule has 1 aromatic rings. The maximum absolute atomic E-state index is 12.2. The average Bonchev–Trinajstić information content (AvgIpc) is 3.09. The Morgan fingerprint density at radius 1 is 1.04 bits per heavy atom. The molecule has 0 unspecified atom stereocenters. The molecule has 5 nitrogen and oxygen atoms in total. The lowest BCUT2D eigenvalue weighted by Crippen LogP contribution is -2.45. The van der Waals surface area contributed by atoms with Crippen LogP contribution in [0.5, 0.6) is 0 Å². The van der Waals surface area contributed by atoms with Crippen molar-refractivity contribution in [2.75, 3.05) is 32.7 Å². The fourth-order valence-electron chi connectivity index (χ4n) is 4.48. The van der Waals surface area contributed by atoms with Gasteiger partial charge in [0.05, 0.1) is 0 Å². The lowest BCUT2D eigenvalue weighted by molar-refractivity contribution is 0.0900. The first-order valence-electron chi connectivity index (χ1n) is 10.3. The van der Waals surface area contributed by atoms with E-state index in [0.29, 0.717) is 12.6 Å². The van der Waals surface area contributed by atoms with Crippen molar-refractivity contribution in [3.8, 4) is 0 Å². The molecule has 0 atom stereocenters. The number of nitrogens with zero attached hydrogens (tertiary/aromatic N) is 2. The molecule has 0 radical (unpaired) electrons. The molecule has 3 aliphatic rings. The summed E-state index contributed by atoms with van der Waals surface area (Å²) in [6.45, 7) is 5.31. The highest BCUT2D eigenvalue weighted by atomic mass is 16.6. The summed E-state index contributed by atoms with van der Waals surface area (Å²) in [5.74, 6) is 0.819. The van der Waals surface area contributed by atoms with Gasteiger partial charge < -0.3 is 15.4 Å². The van der Waals surface area contributed by atoms with Gasteiger partial charge in [0.15, 0.2) is 0 Å². The van der Waals surface area contributed by atoms with Gasteiger partial charge in [0.1, 0.15) is 6.61 Å². The Kier molecular flexibility index (Phi) is 5.79. The van der Waals surface area contributed by atoms with Crippen LogP contribution in [0.3, 0.4) is 0 Å². The fraction of sp³-hybridized carbons (Fsp3) is 0.591. The van der Waals surface area contributed by atoms with Crippen LogP contribution in [-0.2, 0) is 11.3 Å². The van der Waals surface area contributed by atoms with Crippen molar-refractivity contribution in [3.63, 3.8) is 0 Å². The summed E-state index contributed by atoms with van der Waals surface area (Å²) < 4.78 is 5.42. The first-order valence-corrected chi connectivity index (χ1v) is 10.3. The van der Waals surface area contributed by atoms with E-state index in [1.807, 2.05) is 30.3 Å².